The number of likely N-dealkylation sites (N-methyl/N-ethyl adjacent to an activating group) is 1. The van der Waals surface area contributed by atoms with Crippen LogP contribution in [0.15, 0.2) is 24.3 Å². The smallest absolute Gasteiger partial charge is 0.412 e. The first kappa shape index (κ1) is 25.6. The van der Waals surface area contributed by atoms with Gasteiger partial charge < -0.3 is 26.8 Å². The molecule has 1 aromatic carbocycles. The van der Waals surface area contributed by atoms with Crippen LogP contribution < -0.4 is 27.4 Å². The second kappa shape index (κ2) is 14.5. The summed E-state index contributed by atoms with van der Waals surface area (Å²) in [7, 11) is 0. The molecule has 0 saturated heterocycles. The van der Waals surface area contributed by atoms with E-state index in [0.717, 1.165) is 56.8 Å². The highest BCUT2D eigenvalue weighted by Gasteiger charge is 2.34. The Balaban J connectivity index is 0.00000420. The Labute approximate surface area is 182 Å². The molecule has 0 unspecified atom stereocenters. The number of anilines is 1. The van der Waals surface area contributed by atoms with Crippen LogP contribution in [0.4, 0.5) is 10.5 Å². The summed E-state index contributed by atoms with van der Waals surface area (Å²) in [5, 5.41) is 2.87. The third kappa shape index (κ3) is 8.83. The summed E-state index contributed by atoms with van der Waals surface area (Å²) in [6, 6.07) is 7.96. The minimum Gasteiger partial charge on any atom is -1.00 e. The van der Waals surface area contributed by atoms with Gasteiger partial charge in [-0.05, 0) is 63.8 Å². The summed E-state index contributed by atoms with van der Waals surface area (Å²) < 4.78 is 11.6. The standard InChI is InChI=1S/C23H38N2O3.ClH/c1-4-7-8-11-18-27-20-16-14-19(15-17-20)24-23(26)28-22-13-10-9-12-21(22)25(5-2)6-3;/h14-17,21-22H,4-13,18H2,1-3H3,(H,24,26);1H/t21-,22-;/m0./s1. The second-order valence-electron chi connectivity index (χ2n) is 7.76. The summed E-state index contributed by atoms with van der Waals surface area (Å²) in [4.78, 5) is 13.9. The average Bonchev–Trinajstić information content (AvgIpc) is 2.71. The van der Waals surface area contributed by atoms with Gasteiger partial charge in [-0.2, -0.15) is 0 Å². The number of halogens is 1. The van der Waals surface area contributed by atoms with Gasteiger partial charge in [0, 0.05) is 12.1 Å². The van der Waals surface area contributed by atoms with Gasteiger partial charge in [0.15, 0.2) is 6.10 Å². The first-order valence-electron chi connectivity index (χ1n) is 11.2. The summed E-state index contributed by atoms with van der Waals surface area (Å²) in [5.41, 5.74) is 0.742. The molecular weight excluding hydrogens is 388 g/mol. The quantitative estimate of drug-likeness (QED) is 0.526. The number of rotatable bonds is 11. The van der Waals surface area contributed by atoms with Gasteiger partial charge in [-0.3, -0.25) is 5.32 Å². The van der Waals surface area contributed by atoms with E-state index in [-0.39, 0.29) is 24.6 Å². The van der Waals surface area contributed by atoms with Crippen molar-refractivity contribution < 1.29 is 31.6 Å². The highest BCUT2D eigenvalue weighted by atomic mass is 35.5. The van der Waals surface area contributed by atoms with E-state index in [0.29, 0.717) is 6.04 Å². The maximum atomic E-state index is 12.4. The van der Waals surface area contributed by atoms with Crippen LogP contribution in [0.25, 0.3) is 0 Å². The van der Waals surface area contributed by atoms with Gasteiger partial charge in [0.1, 0.15) is 11.8 Å². The Morgan fingerprint density at radius 2 is 1.72 bits per heavy atom. The maximum Gasteiger partial charge on any atom is 0.412 e. The number of amides is 1. The Kier molecular flexibility index (Phi) is 12.8. The van der Waals surface area contributed by atoms with E-state index in [1.54, 1.807) is 0 Å². The van der Waals surface area contributed by atoms with Crippen molar-refractivity contribution in [2.45, 2.75) is 84.3 Å². The molecule has 1 amide bonds. The first-order chi connectivity index (χ1) is 13.7. The fraction of sp³-hybridized carbons (Fsp3) is 0.696. The fourth-order valence-corrected chi connectivity index (χ4v) is 4.12. The van der Waals surface area contributed by atoms with Crippen molar-refractivity contribution in [3.05, 3.63) is 24.3 Å². The molecule has 29 heavy (non-hydrogen) atoms. The van der Waals surface area contributed by atoms with E-state index < -0.39 is 0 Å². The van der Waals surface area contributed by atoms with Crippen LogP contribution in [0.5, 0.6) is 5.75 Å². The minimum absolute atomic E-state index is 0. The number of nitrogens with one attached hydrogen (secondary N) is 2. The lowest BCUT2D eigenvalue weighted by atomic mass is 9.91. The van der Waals surface area contributed by atoms with Gasteiger partial charge in [0.05, 0.1) is 19.7 Å². The molecule has 1 aliphatic carbocycles. The summed E-state index contributed by atoms with van der Waals surface area (Å²) in [5.74, 6) is 0.841. The van der Waals surface area contributed by atoms with E-state index in [1.165, 1.54) is 30.6 Å². The lowest BCUT2D eigenvalue weighted by Crippen LogP contribution is -3.16. The average molecular weight is 427 g/mol. The van der Waals surface area contributed by atoms with Crippen LogP contribution in [0.3, 0.4) is 0 Å². The number of benzene rings is 1. The van der Waals surface area contributed by atoms with E-state index in [1.807, 2.05) is 24.3 Å². The molecule has 2 atom stereocenters. The van der Waals surface area contributed by atoms with E-state index in [4.69, 9.17) is 9.47 Å². The molecule has 1 aromatic rings. The normalized spacial score (nSPS) is 18.8. The van der Waals surface area contributed by atoms with Crippen LogP contribution >= 0.6 is 0 Å². The van der Waals surface area contributed by atoms with Crippen LogP contribution in [0, 0.1) is 0 Å². The second-order valence-corrected chi connectivity index (χ2v) is 7.76. The number of carbonyl (C=O) groups is 1. The Hall–Kier alpha value is -1.46. The zero-order valence-corrected chi connectivity index (χ0v) is 19.1. The monoisotopic (exact) mass is 426 g/mol. The maximum absolute atomic E-state index is 12.4. The lowest BCUT2D eigenvalue weighted by molar-refractivity contribution is -0.926. The molecule has 0 aromatic heterocycles. The van der Waals surface area contributed by atoms with Crippen molar-refractivity contribution in [1.29, 1.82) is 0 Å². The van der Waals surface area contributed by atoms with Gasteiger partial charge in [0.25, 0.3) is 0 Å². The predicted octanol–water partition coefficient (Wildman–Crippen LogP) is 1.43. The van der Waals surface area contributed by atoms with Crippen molar-refractivity contribution in [3.8, 4) is 5.75 Å². The largest absolute Gasteiger partial charge is 1.00 e. The van der Waals surface area contributed by atoms with Crippen LogP contribution in [-0.4, -0.2) is 37.9 Å². The van der Waals surface area contributed by atoms with Gasteiger partial charge >= 0.3 is 6.09 Å². The molecule has 0 aliphatic heterocycles. The number of carbonyl (C=O) groups excluding carboxylic acids is 1. The zero-order valence-electron chi connectivity index (χ0n) is 18.3. The van der Waals surface area contributed by atoms with Crippen molar-refractivity contribution in [2.24, 2.45) is 0 Å². The molecule has 0 spiro atoms. The van der Waals surface area contributed by atoms with Crippen LogP contribution in [-0.2, 0) is 4.74 Å². The predicted molar refractivity (Wildman–Crippen MR) is 114 cm³/mol. The summed E-state index contributed by atoms with van der Waals surface area (Å²) >= 11 is 0. The number of hydrogen-bond acceptors (Lipinski definition) is 3. The third-order valence-corrected chi connectivity index (χ3v) is 5.76. The molecule has 0 heterocycles. The zero-order chi connectivity index (χ0) is 20.2. The number of hydrogen-bond donors (Lipinski definition) is 2. The van der Waals surface area contributed by atoms with Gasteiger partial charge in [0.2, 0.25) is 0 Å². The van der Waals surface area contributed by atoms with Crippen molar-refractivity contribution in [3.63, 3.8) is 0 Å². The molecule has 5 nitrogen and oxygen atoms in total. The molecule has 166 valence electrons. The Morgan fingerprint density at radius 3 is 2.38 bits per heavy atom. The number of ether oxygens (including phenoxy) is 2. The highest BCUT2D eigenvalue weighted by molar-refractivity contribution is 5.84. The molecule has 1 fully saturated rings. The SMILES string of the molecule is CCCCCCOc1ccc(NC(=O)O[C@H]2CCCC[C@@H]2[NH+](CC)CC)cc1.[Cl-]. The Bertz CT molecular complexity index is 564. The molecule has 0 radical (unpaired) electrons. The van der Waals surface area contributed by atoms with Crippen molar-refractivity contribution in [1.82, 2.24) is 0 Å². The molecular formula is C23H39ClN2O3. The van der Waals surface area contributed by atoms with Gasteiger partial charge in [-0.1, -0.05) is 26.2 Å². The van der Waals surface area contributed by atoms with Gasteiger partial charge in [-0.25, -0.2) is 4.79 Å². The molecule has 2 N–H and O–H groups in total. The molecule has 1 aliphatic rings. The minimum atomic E-state index is -0.350. The molecule has 1 saturated carbocycles. The third-order valence-electron chi connectivity index (χ3n) is 5.76. The van der Waals surface area contributed by atoms with Crippen molar-refractivity contribution >= 4 is 11.8 Å². The van der Waals surface area contributed by atoms with E-state index in [2.05, 4.69) is 26.1 Å². The van der Waals surface area contributed by atoms with Crippen LogP contribution in [0.1, 0.15) is 72.1 Å². The van der Waals surface area contributed by atoms with Crippen molar-refractivity contribution in [2.75, 3.05) is 25.0 Å². The first-order valence-corrected chi connectivity index (χ1v) is 11.2. The molecule has 2 rings (SSSR count). The molecule has 6 heteroatoms. The topological polar surface area (TPSA) is 52.0 Å². The summed E-state index contributed by atoms with van der Waals surface area (Å²) in [6.45, 7) is 9.50. The lowest BCUT2D eigenvalue weighted by Gasteiger charge is -2.35. The number of quaternary nitrogens is 1. The Morgan fingerprint density at radius 1 is 1.03 bits per heavy atom. The fourth-order valence-electron chi connectivity index (χ4n) is 4.12. The van der Waals surface area contributed by atoms with E-state index in [9.17, 15) is 4.79 Å². The number of unbranched alkanes of at least 4 members (excludes halogenated alkanes) is 3. The summed E-state index contributed by atoms with van der Waals surface area (Å²) in [6.07, 6.45) is 8.91. The molecule has 0 bridgehead atoms. The van der Waals surface area contributed by atoms with Gasteiger partial charge in [-0.15, -0.1) is 0 Å². The van der Waals surface area contributed by atoms with Crippen LogP contribution in [0.2, 0.25) is 0 Å². The highest BCUT2D eigenvalue weighted by Crippen LogP contribution is 2.21. The van der Waals surface area contributed by atoms with E-state index >= 15 is 0 Å².